The fourth-order valence-corrected chi connectivity index (χ4v) is 4.91. The Morgan fingerprint density at radius 2 is 1.72 bits per heavy atom. The van der Waals surface area contributed by atoms with Gasteiger partial charge in [0.1, 0.15) is 11.7 Å². The Morgan fingerprint density at radius 3 is 2.42 bits per heavy atom. The van der Waals surface area contributed by atoms with Crippen LogP contribution in [0.1, 0.15) is 42.4 Å². The van der Waals surface area contributed by atoms with Crippen LogP contribution in [0.4, 0.5) is 26.3 Å². The smallest absolute Gasteiger partial charge is 0.347 e. The molecule has 2 heterocycles. The van der Waals surface area contributed by atoms with Gasteiger partial charge < -0.3 is 10.2 Å². The first-order chi connectivity index (χ1) is 17.0. The van der Waals surface area contributed by atoms with E-state index in [0.29, 0.717) is 36.4 Å². The van der Waals surface area contributed by atoms with Crippen LogP contribution in [0.3, 0.4) is 0 Å². The van der Waals surface area contributed by atoms with Gasteiger partial charge in [0, 0.05) is 24.4 Å². The Morgan fingerprint density at radius 1 is 1.00 bits per heavy atom. The number of benzene rings is 2. The van der Waals surface area contributed by atoms with Crippen LogP contribution in [-0.2, 0) is 22.3 Å². The molecule has 2 aromatic rings. The number of nitrogens with zero attached hydrogens (tertiary/aromatic N) is 2. The minimum absolute atomic E-state index is 0.0342. The van der Waals surface area contributed by atoms with Gasteiger partial charge in [-0.2, -0.15) is 22.0 Å². The number of amides is 1. The highest BCUT2D eigenvalue weighted by Crippen LogP contribution is 2.50. The molecular formula is C26H23F6N3O. The quantitative estimate of drug-likeness (QED) is 0.552. The van der Waals surface area contributed by atoms with Gasteiger partial charge in [-0.3, -0.25) is 9.79 Å². The monoisotopic (exact) mass is 507 g/mol. The van der Waals surface area contributed by atoms with Crippen LogP contribution in [0.15, 0.2) is 64.8 Å². The van der Waals surface area contributed by atoms with Crippen molar-refractivity contribution in [1.29, 1.82) is 0 Å². The topological polar surface area (TPSA) is 44.7 Å². The molecule has 0 aromatic heterocycles. The molecular weight excluding hydrogens is 484 g/mol. The summed E-state index contributed by atoms with van der Waals surface area (Å²) >= 11 is 0. The number of carbonyl (C=O) groups is 1. The number of allylic oxidation sites excluding steroid dienone is 1. The molecule has 1 aliphatic carbocycles. The first-order valence-corrected chi connectivity index (χ1v) is 11.6. The minimum Gasteiger partial charge on any atom is -0.347 e. The maximum Gasteiger partial charge on any atom is 0.416 e. The Balaban J connectivity index is 1.34. The molecule has 3 aliphatic rings. The molecule has 0 atom stereocenters. The van der Waals surface area contributed by atoms with Gasteiger partial charge >= 0.3 is 12.1 Å². The Hall–Kier alpha value is -3.30. The maximum absolute atomic E-state index is 15.1. The van der Waals surface area contributed by atoms with Crippen molar-refractivity contribution >= 4 is 11.7 Å². The first-order valence-electron chi connectivity index (χ1n) is 11.6. The SMILES string of the molecule is O=C(N1CCCC2=C(CN=C(C3(c4cccc(F)c4)CC3)N2)C1)C(F)(F)c1cccc(C(F)(F)F)c1. The lowest BCUT2D eigenvalue weighted by molar-refractivity contribution is -0.159. The van der Waals surface area contributed by atoms with E-state index in [4.69, 9.17) is 0 Å². The number of carbonyl (C=O) groups excluding carboxylic acids is 1. The summed E-state index contributed by atoms with van der Waals surface area (Å²) in [5, 5.41) is 3.33. The molecule has 1 fully saturated rings. The van der Waals surface area contributed by atoms with E-state index in [9.17, 15) is 22.4 Å². The van der Waals surface area contributed by atoms with E-state index >= 15 is 8.78 Å². The standard InChI is InChI=1S/C26H23F6N3O/c27-20-7-2-4-17(13-20)24(9-10-24)22-33-14-16-15-35(11-3-8-21(16)34-22)23(36)25(28,29)18-5-1-6-19(12-18)26(30,31)32/h1-2,4-7,12-13H,3,8-11,14-15H2,(H,33,34). The molecule has 2 aliphatic heterocycles. The summed E-state index contributed by atoms with van der Waals surface area (Å²) in [6.45, 7) is 0.138. The second-order valence-corrected chi connectivity index (χ2v) is 9.45. The van der Waals surface area contributed by atoms with Gasteiger partial charge in [-0.25, -0.2) is 4.39 Å². The molecule has 0 saturated heterocycles. The Bertz CT molecular complexity index is 1260. The fraction of sp³-hybridized carbons (Fsp3) is 0.385. The van der Waals surface area contributed by atoms with Crippen LogP contribution < -0.4 is 5.32 Å². The van der Waals surface area contributed by atoms with Crippen molar-refractivity contribution in [2.75, 3.05) is 19.6 Å². The number of aliphatic imine (C=N–C) groups is 1. The summed E-state index contributed by atoms with van der Waals surface area (Å²) < 4.78 is 83.0. The summed E-state index contributed by atoms with van der Waals surface area (Å²) in [4.78, 5) is 18.5. The molecule has 36 heavy (non-hydrogen) atoms. The largest absolute Gasteiger partial charge is 0.416 e. The van der Waals surface area contributed by atoms with E-state index in [1.807, 2.05) is 6.07 Å². The molecule has 1 saturated carbocycles. The minimum atomic E-state index is -4.80. The normalized spacial score (nSPS) is 19.7. The molecule has 0 spiro atoms. The molecule has 4 nitrogen and oxygen atoms in total. The fourth-order valence-electron chi connectivity index (χ4n) is 4.91. The van der Waals surface area contributed by atoms with Crippen molar-refractivity contribution in [3.05, 3.63) is 82.3 Å². The van der Waals surface area contributed by atoms with E-state index in [-0.39, 0.29) is 25.5 Å². The molecule has 1 N–H and O–H groups in total. The van der Waals surface area contributed by atoms with Crippen LogP contribution in [0, 0.1) is 5.82 Å². The summed E-state index contributed by atoms with van der Waals surface area (Å²) in [5.74, 6) is -5.27. The van der Waals surface area contributed by atoms with Gasteiger partial charge in [0.2, 0.25) is 0 Å². The second kappa shape index (κ2) is 8.67. The summed E-state index contributed by atoms with van der Waals surface area (Å²) in [7, 11) is 0. The molecule has 0 radical (unpaired) electrons. The number of halogens is 6. The number of alkyl halides is 5. The third-order valence-electron chi connectivity index (χ3n) is 7.05. The van der Waals surface area contributed by atoms with Gasteiger partial charge in [-0.1, -0.05) is 24.3 Å². The maximum atomic E-state index is 15.1. The summed E-state index contributed by atoms with van der Waals surface area (Å²) in [6.07, 6.45) is -2.29. The van der Waals surface area contributed by atoms with Gasteiger partial charge in [-0.15, -0.1) is 0 Å². The highest BCUT2D eigenvalue weighted by Gasteiger charge is 2.51. The van der Waals surface area contributed by atoms with Crippen molar-refractivity contribution < 1.29 is 31.1 Å². The zero-order valence-electron chi connectivity index (χ0n) is 19.1. The average molecular weight is 507 g/mol. The molecule has 0 unspecified atom stereocenters. The van der Waals surface area contributed by atoms with Crippen LogP contribution in [0.25, 0.3) is 0 Å². The molecule has 5 rings (SSSR count). The third-order valence-corrected chi connectivity index (χ3v) is 7.05. The lowest BCUT2D eigenvalue weighted by Crippen LogP contribution is -2.44. The molecule has 0 bridgehead atoms. The van der Waals surface area contributed by atoms with Crippen molar-refractivity contribution in [1.82, 2.24) is 10.2 Å². The lowest BCUT2D eigenvalue weighted by Gasteiger charge is -2.29. The predicted octanol–water partition coefficient (Wildman–Crippen LogP) is 5.55. The van der Waals surface area contributed by atoms with Crippen molar-refractivity contribution in [2.45, 2.75) is 43.2 Å². The number of amidine groups is 1. The zero-order chi connectivity index (χ0) is 25.7. The van der Waals surface area contributed by atoms with Crippen LogP contribution >= 0.6 is 0 Å². The number of hydrogen-bond acceptors (Lipinski definition) is 3. The Labute approximate surface area is 203 Å². The molecule has 190 valence electrons. The Kier molecular flexibility index (Phi) is 5.88. The first kappa shape index (κ1) is 24.4. The highest BCUT2D eigenvalue weighted by molar-refractivity contribution is 5.98. The van der Waals surface area contributed by atoms with Crippen molar-refractivity contribution in [3.63, 3.8) is 0 Å². The van der Waals surface area contributed by atoms with E-state index in [1.54, 1.807) is 6.07 Å². The van der Waals surface area contributed by atoms with Crippen molar-refractivity contribution in [3.8, 4) is 0 Å². The van der Waals surface area contributed by atoms with E-state index < -0.39 is 34.5 Å². The second-order valence-electron chi connectivity index (χ2n) is 9.45. The number of nitrogens with one attached hydrogen (secondary N) is 1. The molecule has 1 amide bonds. The lowest BCUT2D eigenvalue weighted by atomic mass is 9.93. The molecule has 2 aromatic carbocycles. The summed E-state index contributed by atoms with van der Waals surface area (Å²) in [6, 6.07) is 9.08. The number of rotatable bonds is 4. The van der Waals surface area contributed by atoms with Gasteiger partial charge in [0.05, 0.1) is 17.5 Å². The highest BCUT2D eigenvalue weighted by atomic mass is 19.4. The number of hydrogen-bond donors (Lipinski definition) is 1. The van der Waals surface area contributed by atoms with Gasteiger partial charge in [0.15, 0.2) is 0 Å². The van der Waals surface area contributed by atoms with Crippen LogP contribution in [0.2, 0.25) is 0 Å². The average Bonchev–Trinajstić information content (AvgIpc) is 3.67. The van der Waals surface area contributed by atoms with E-state index in [2.05, 4.69) is 10.3 Å². The van der Waals surface area contributed by atoms with Crippen LogP contribution in [-0.4, -0.2) is 36.3 Å². The zero-order valence-corrected chi connectivity index (χ0v) is 19.1. The third kappa shape index (κ3) is 4.37. The predicted molar refractivity (Wildman–Crippen MR) is 121 cm³/mol. The summed E-state index contributed by atoms with van der Waals surface area (Å²) in [5.41, 5.74) is -0.324. The van der Waals surface area contributed by atoms with Crippen molar-refractivity contribution in [2.24, 2.45) is 4.99 Å². The van der Waals surface area contributed by atoms with E-state index in [1.165, 1.54) is 12.1 Å². The van der Waals surface area contributed by atoms with Gasteiger partial charge in [-0.05, 0) is 61.1 Å². The van der Waals surface area contributed by atoms with Gasteiger partial charge in [0.25, 0.3) is 5.91 Å². The van der Waals surface area contributed by atoms with Crippen LogP contribution in [0.5, 0.6) is 0 Å². The molecule has 10 heteroatoms. The van der Waals surface area contributed by atoms with E-state index in [0.717, 1.165) is 41.1 Å².